The second-order valence-corrected chi connectivity index (χ2v) is 8.92. The third-order valence-electron chi connectivity index (χ3n) is 6.68. The Morgan fingerprint density at radius 2 is 1.64 bits per heavy atom. The molecule has 0 N–H and O–H groups in total. The van der Waals surface area contributed by atoms with Gasteiger partial charge in [-0.15, -0.1) is 0 Å². The summed E-state index contributed by atoms with van der Waals surface area (Å²) in [6.45, 7) is 3.84. The minimum atomic E-state index is -0.0571. The summed E-state index contributed by atoms with van der Waals surface area (Å²) in [5.41, 5.74) is 4.71. The third kappa shape index (κ3) is 4.55. The Labute approximate surface area is 195 Å². The van der Waals surface area contributed by atoms with Crippen molar-refractivity contribution in [3.8, 4) is 28.5 Å². The van der Waals surface area contributed by atoms with Gasteiger partial charge in [0.05, 0.1) is 22.9 Å². The fourth-order valence-electron chi connectivity index (χ4n) is 4.53. The predicted molar refractivity (Wildman–Crippen MR) is 133 cm³/mol. The maximum atomic E-state index is 13.7. The SMILES string of the molecule is CCc1ccc(-c2c(-c3ccc(C#N)cc3)nc(N3CCC(N(C)C)CC3)n(C)c2=O)cc1. The summed E-state index contributed by atoms with van der Waals surface area (Å²) < 4.78 is 1.69. The number of hydrogen-bond donors (Lipinski definition) is 0. The lowest BCUT2D eigenvalue weighted by Crippen LogP contribution is -2.44. The molecule has 1 aromatic heterocycles. The molecule has 0 atom stereocenters. The summed E-state index contributed by atoms with van der Waals surface area (Å²) in [5.74, 6) is 0.700. The van der Waals surface area contributed by atoms with Crippen LogP contribution in [0.1, 0.15) is 30.9 Å². The lowest BCUT2D eigenvalue weighted by Gasteiger charge is -2.36. The molecule has 0 amide bonds. The zero-order valence-electron chi connectivity index (χ0n) is 19.9. The molecular weight excluding hydrogens is 410 g/mol. The number of aryl methyl sites for hydroxylation is 1. The van der Waals surface area contributed by atoms with Crippen LogP contribution in [0.2, 0.25) is 0 Å². The second kappa shape index (κ2) is 9.60. The highest BCUT2D eigenvalue weighted by Gasteiger charge is 2.25. The van der Waals surface area contributed by atoms with E-state index >= 15 is 0 Å². The maximum absolute atomic E-state index is 13.7. The summed E-state index contributed by atoms with van der Waals surface area (Å²) in [7, 11) is 6.06. The van der Waals surface area contributed by atoms with Crippen molar-refractivity contribution in [2.45, 2.75) is 32.2 Å². The topological polar surface area (TPSA) is 65.2 Å². The molecule has 0 bridgehead atoms. The number of nitrogens with zero attached hydrogens (tertiary/aromatic N) is 5. The fourth-order valence-corrected chi connectivity index (χ4v) is 4.53. The number of aromatic nitrogens is 2. The van der Waals surface area contributed by atoms with Crippen LogP contribution in [0.3, 0.4) is 0 Å². The highest BCUT2D eigenvalue weighted by Crippen LogP contribution is 2.31. The molecule has 2 aromatic carbocycles. The molecule has 1 saturated heterocycles. The standard InChI is InChI=1S/C27H31N5O/c1-5-19-6-10-21(11-7-19)24-25(22-12-8-20(18-28)9-13-22)29-27(31(4)26(24)33)32-16-14-23(15-17-32)30(2)3/h6-13,23H,5,14-17H2,1-4H3. The van der Waals surface area contributed by atoms with Gasteiger partial charge in [0, 0.05) is 31.7 Å². The lowest BCUT2D eigenvalue weighted by molar-refractivity contribution is 0.248. The van der Waals surface area contributed by atoms with Crippen molar-refractivity contribution < 1.29 is 0 Å². The summed E-state index contributed by atoms with van der Waals surface area (Å²) in [6.07, 6.45) is 3.02. The largest absolute Gasteiger partial charge is 0.342 e. The van der Waals surface area contributed by atoms with E-state index in [0.717, 1.165) is 43.5 Å². The van der Waals surface area contributed by atoms with E-state index in [4.69, 9.17) is 4.98 Å². The molecule has 170 valence electrons. The highest BCUT2D eigenvalue weighted by molar-refractivity contribution is 5.81. The van der Waals surface area contributed by atoms with Gasteiger partial charge in [-0.05, 0) is 56.6 Å². The summed E-state index contributed by atoms with van der Waals surface area (Å²) >= 11 is 0. The molecule has 6 heteroatoms. The van der Waals surface area contributed by atoms with Crippen LogP contribution in [0.25, 0.3) is 22.4 Å². The summed E-state index contributed by atoms with van der Waals surface area (Å²) in [5, 5.41) is 9.21. The van der Waals surface area contributed by atoms with Crippen molar-refractivity contribution in [1.82, 2.24) is 14.5 Å². The molecule has 1 fully saturated rings. The lowest BCUT2D eigenvalue weighted by atomic mass is 9.98. The van der Waals surface area contributed by atoms with Gasteiger partial charge in [-0.1, -0.05) is 43.3 Å². The zero-order valence-corrected chi connectivity index (χ0v) is 19.9. The van der Waals surface area contributed by atoms with Crippen LogP contribution in [0.15, 0.2) is 53.3 Å². The second-order valence-electron chi connectivity index (χ2n) is 8.92. The van der Waals surface area contributed by atoms with Crippen LogP contribution in [0.4, 0.5) is 5.95 Å². The molecule has 0 aliphatic carbocycles. The zero-order chi connectivity index (χ0) is 23.5. The number of benzene rings is 2. The Hall–Kier alpha value is -3.43. The van der Waals surface area contributed by atoms with Crippen molar-refractivity contribution >= 4 is 5.95 Å². The molecule has 0 radical (unpaired) electrons. The Morgan fingerprint density at radius 3 is 2.18 bits per heavy atom. The predicted octanol–water partition coefficient (Wildman–Crippen LogP) is 4.08. The van der Waals surface area contributed by atoms with E-state index in [9.17, 15) is 10.1 Å². The number of rotatable bonds is 5. The van der Waals surface area contributed by atoms with Crippen molar-refractivity contribution in [3.63, 3.8) is 0 Å². The van der Waals surface area contributed by atoms with Gasteiger partial charge in [0.1, 0.15) is 0 Å². The van der Waals surface area contributed by atoms with Crippen LogP contribution in [-0.4, -0.2) is 47.7 Å². The Kier molecular flexibility index (Phi) is 6.62. The molecule has 0 unspecified atom stereocenters. The van der Waals surface area contributed by atoms with Crippen molar-refractivity contribution in [3.05, 3.63) is 70.0 Å². The Morgan fingerprint density at radius 1 is 1.03 bits per heavy atom. The molecule has 0 saturated carbocycles. The molecule has 0 spiro atoms. The first kappa shape index (κ1) is 22.8. The van der Waals surface area contributed by atoms with Crippen LogP contribution >= 0.6 is 0 Å². The molecule has 1 aliphatic heterocycles. The van der Waals surface area contributed by atoms with Crippen molar-refractivity contribution in [2.75, 3.05) is 32.1 Å². The number of nitriles is 1. The normalized spacial score (nSPS) is 14.5. The van der Waals surface area contributed by atoms with Crippen molar-refractivity contribution in [1.29, 1.82) is 5.26 Å². The van der Waals surface area contributed by atoms with Gasteiger partial charge in [-0.25, -0.2) is 4.98 Å². The third-order valence-corrected chi connectivity index (χ3v) is 6.68. The molecule has 2 heterocycles. The molecular formula is C27H31N5O. The first-order valence-electron chi connectivity index (χ1n) is 11.5. The van der Waals surface area contributed by atoms with Gasteiger partial charge < -0.3 is 9.80 Å². The Balaban J connectivity index is 1.84. The summed E-state index contributed by atoms with van der Waals surface area (Å²) in [6, 6.07) is 18.2. The molecule has 6 nitrogen and oxygen atoms in total. The average Bonchev–Trinajstić information content (AvgIpc) is 2.86. The van der Waals surface area contributed by atoms with Crippen LogP contribution in [0, 0.1) is 11.3 Å². The summed E-state index contributed by atoms with van der Waals surface area (Å²) in [4.78, 5) is 23.3. The van der Waals surface area contributed by atoms with Gasteiger partial charge in [-0.2, -0.15) is 5.26 Å². The quantitative estimate of drug-likeness (QED) is 0.597. The molecule has 3 aromatic rings. The van der Waals surface area contributed by atoms with Crippen molar-refractivity contribution in [2.24, 2.45) is 7.05 Å². The minimum Gasteiger partial charge on any atom is -0.342 e. The Bertz CT molecular complexity index is 1210. The van der Waals surface area contributed by atoms with E-state index in [0.29, 0.717) is 28.8 Å². The van der Waals surface area contributed by atoms with E-state index in [2.05, 4.69) is 49.0 Å². The monoisotopic (exact) mass is 441 g/mol. The molecule has 1 aliphatic rings. The minimum absolute atomic E-state index is 0.0571. The van der Waals surface area contributed by atoms with Gasteiger partial charge in [0.25, 0.3) is 5.56 Å². The van der Waals surface area contributed by atoms with Crippen LogP contribution in [-0.2, 0) is 13.5 Å². The average molecular weight is 442 g/mol. The van der Waals surface area contributed by atoms with Gasteiger partial charge in [0.2, 0.25) is 5.95 Å². The van der Waals surface area contributed by atoms with Crippen LogP contribution in [0.5, 0.6) is 0 Å². The van der Waals surface area contributed by atoms with E-state index in [-0.39, 0.29) is 5.56 Å². The molecule has 4 rings (SSSR count). The highest BCUT2D eigenvalue weighted by atomic mass is 16.1. The molecule has 33 heavy (non-hydrogen) atoms. The first-order chi connectivity index (χ1) is 15.9. The van der Waals surface area contributed by atoms with E-state index < -0.39 is 0 Å². The van der Waals surface area contributed by atoms with E-state index in [1.54, 1.807) is 16.7 Å². The van der Waals surface area contributed by atoms with Gasteiger partial charge in [-0.3, -0.25) is 9.36 Å². The fraction of sp³-hybridized carbons (Fsp3) is 0.370. The smallest absolute Gasteiger partial charge is 0.263 e. The van der Waals surface area contributed by atoms with Crippen LogP contribution < -0.4 is 10.5 Å². The van der Waals surface area contributed by atoms with E-state index in [1.807, 2.05) is 31.3 Å². The van der Waals surface area contributed by atoms with Gasteiger partial charge >= 0.3 is 0 Å². The number of piperidine rings is 1. The first-order valence-corrected chi connectivity index (χ1v) is 11.5. The number of anilines is 1. The van der Waals surface area contributed by atoms with E-state index in [1.165, 1.54) is 5.56 Å². The maximum Gasteiger partial charge on any atom is 0.263 e. The van der Waals surface area contributed by atoms with Gasteiger partial charge in [0.15, 0.2) is 0 Å². The number of hydrogen-bond acceptors (Lipinski definition) is 5.